The second-order valence-electron chi connectivity index (χ2n) is 8.88. The van der Waals surface area contributed by atoms with Gasteiger partial charge in [0.15, 0.2) is 0 Å². The Morgan fingerprint density at radius 1 is 1.03 bits per heavy atom. The highest BCUT2D eigenvalue weighted by Crippen LogP contribution is 2.25. The number of rotatable bonds is 10. The first kappa shape index (κ1) is 26.9. The Labute approximate surface area is 212 Å². The van der Waals surface area contributed by atoms with E-state index in [-0.39, 0.29) is 11.4 Å². The number of carbonyl (C=O) groups excluding carboxylic acids is 2. The third-order valence-electron chi connectivity index (χ3n) is 5.83. The summed E-state index contributed by atoms with van der Waals surface area (Å²) in [5.74, 6) is -4.12. The fraction of sp³-hybridized carbons (Fsp3) is 0.280. The van der Waals surface area contributed by atoms with E-state index in [1.807, 2.05) is 11.6 Å². The molecular weight excluding hydrogens is 480 g/mol. The molecule has 0 radical (unpaired) electrons. The van der Waals surface area contributed by atoms with Crippen molar-refractivity contribution in [3.05, 3.63) is 53.6 Å². The van der Waals surface area contributed by atoms with E-state index in [9.17, 15) is 29.4 Å². The first-order valence-corrected chi connectivity index (χ1v) is 11.4. The molecule has 12 nitrogen and oxygen atoms in total. The van der Waals surface area contributed by atoms with Crippen molar-refractivity contribution in [2.24, 2.45) is 18.7 Å². The summed E-state index contributed by atoms with van der Waals surface area (Å²) in [7, 11) is 1.81. The predicted octanol–water partition coefficient (Wildman–Crippen LogP) is 1.32. The van der Waals surface area contributed by atoms with Crippen LogP contribution < -0.4 is 16.4 Å². The average Bonchev–Trinajstić information content (AvgIpc) is 3.16. The van der Waals surface area contributed by atoms with Crippen LogP contribution in [0.25, 0.3) is 22.4 Å². The average molecular weight is 509 g/mol. The summed E-state index contributed by atoms with van der Waals surface area (Å²) in [5.41, 5.74) is 8.21. The van der Waals surface area contributed by atoms with Gasteiger partial charge in [0.25, 0.3) is 5.91 Å². The Hall–Kier alpha value is -4.74. The van der Waals surface area contributed by atoms with Crippen molar-refractivity contribution in [2.45, 2.75) is 32.4 Å². The first-order valence-electron chi connectivity index (χ1n) is 11.4. The van der Waals surface area contributed by atoms with Gasteiger partial charge in [0.05, 0.1) is 17.5 Å². The van der Waals surface area contributed by atoms with Gasteiger partial charge in [-0.15, -0.1) is 0 Å². The lowest BCUT2D eigenvalue weighted by Gasteiger charge is -2.22. The van der Waals surface area contributed by atoms with E-state index < -0.39 is 48.2 Å². The molecule has 0 saturated heterocycles. The summed E-state index contributed by atoms with van der Waals surface area (Å²) in [4.78, 5) is 52.9. The molecule has 2 unspecified atom stereocenters. The predicted molar refractivity (Wildman–Crippen MR) is 135 cm³/mol. The van der Waals surface area contributed by atoms with E-state index in [2.05, 4.69) is 15.6 Å². The number of carboxylic acid groups (broad SMARTS) is 2. The monoisotopic (exact) mass is 508 g/mol. The standard InChI is InChI=1S/C25H28N6O6/c1-12(2)20(25(36)37)30-24(35)17(11-19(32)33)29-23(34)15-8-9-18-16(10-15)28-22(31(18)3)14-6-4-13(5-7-14)21(26)27/h4-10,12,17,20H,11H2,1-3H3,(H3,26,27)(H,29,34)(H,30,35)(H,32,33)(H,36,37). The number of aryl methyl sites for hydroxylation is 1. The molecule has 1 heterocycles. The summed E-state index contributed by atoms with van der Waals surface area (Å²) in [5, 5.41) is 30.7. The first-order chi connectivity index (χ1) is 17.4. The third-order valence-corrected chi connectivity index (χ3v) is 5.83. The molecular formula is C25H28N6O6. The van der Waals surface area contributed by atoms with Crippen LogP contribution in [0.4, 0.5) is 0 Å². The summed E-state index contributed by atoms with van der Waals surface area (Å²) in [6.07, 6.45) is -0.728. The van der Waals surface area contributed by atoms with Crippen molar-refractivity contribution in [3.8, 4) is 11.4 Å². The third kappa shape index (κ3) is 6.10. The van der Waals surface area contributed by atoms with Gasteiger partial charge in [-0.25, -0.2) is 9.78 Å². The van der Waals surface area contributed by atoms with Crippen LogP contribution in [-0.4, -0.2) is 61.4 Å². The molecule has 12 heteroatoms. The van der Waals surface area contributed by atoms with Crippen LogP contribution in [-0.2, 0) is 21.4 Å². The van der Waals surface area contributed by atoms with E-state index in [4.69, 9.17) is 11.1 Å². The Bertz CT molecular complexity index is 1380. The maximum Gasteiger partial charge on any atom is 0.326 e. The number of imidazole rings is 1. The van der Waals surface area contributed by atoms with Crippen LogP contribution >= 0.6 is 0 Å². The number of carbonyl (C=O) groups is 4. The lowest BCUT2D eigenvalue weighted by atomic mass is 10.0. The summed E-state index contributed by atoms with van der Waals surface area (Å²) < 4.78 is 1.83. The topological polar surface area (TPSA) is 200 Å². The van der Waals surface area contributed by atoms with Gasteiger partial charge in [0.2, 0.25) is 5.91 Å². The summed E-state index contributed by atoms with van der Waals surface area (Å²) in [6.45, 7) is 3.19. The highest BCUT2D eigenvalue weighted by atomic mass is 16.4. The minimum Gasteiger partial charge on any atom is -0.481 e. The molecule has 194 valence electrons. The molecule has 0 fully saturated rings. The molecule has 0 saturated carbocycles. The van der Waals surface area contributed by atoms with Crippen LogP contribution in [0, 0.1) is 11.3 Å². The number of benzene rings is 2. The Morgan fingerprint density at radius 3 is 2.19 bits per heavy atom. The minimum absolute atomic E-state index is 0.0511. The van der Waals surface area contributed by atoms with E-state index in [0.717, 1.165) is 11.1 Å². The van der Waals surface area contributed by atoms with Crippen molar-refractivity contribution >= 4 is 40.6 Å². The van der Waals surface area contributed by atoms with E-state index in [0.29, 0.717) is 16.9 Å². The number of nitrogen functional groups attached to an aromatic ring is 1. The number of amides is 2. The highest BCUT2D eigenvalue weighted by Gasteiger charge is 2.30. The molecule has 2 atom stereocenters. The molecule has 3 rings (SSSR count). The van der Waals surface area contributed by atoms with Crippen LogP contribution in [0.1, 0.15) is 36.2 Å². The van der Waals surface area contributed by atoms with Gasteiger partial charge in [-0.3, -0.25) is 19.8 Å². The van der Waals surface area contributed by atoms with Crippen molar-refractivity contribution in [1.29, 1.82) is 5.41 Å². The van der Waals surface area contributed by atoms with Gasteiger partial charge >= 0.3 is 11.9 Å². The number of nitrogens with two attached hydrogens (primary N) is 1. The van der Waals surface area contributed by atoms with Crippen molar-refractivity contribution in [2.75, 3.05) is 0 Å². The molecule has 0 spiro atoms. The minimum atomic E-state index is -1.49. The quantitative estimate of drug-likeness (QED) is 0.174. The fourth-order valence-electron chi connectivity index (χ4n) is 3.79. The Morgan fingerprint density at radius 2 is 1.65 bits per heavy atom. The lowest BCUT2D eigenvalue weighted by molar-refractivity contribution is -0.144. The van der Waals surface area contributed by atoms with Crippen LogP contribution in [0.5, 0.6) is 0 Å². The maximum absolute atomic E-state index is 12.9. The van der Waals surface area contributed by atoms with Gasteiger partial charge in [-0.05, 0) is 24.1 Å². The zero-order valence-electron chi connectivity index (χ0n) is 20.5. The largest absolute Gasteiger partial charge is 0.481 e. The number of aliphatic carboxylic acids is 2. The van der Waals surface area contributed by atoms with E-state index >= 15 is 0 Å². The normalized spacial score (nSPS) is 12.6. The van der Waals surface area contributed by atoms with Gasteiger partial charge in [-0.1, -0.05) is 38.1 Å². The second kappa shape index (κ2) is 10.9. The summed E-state index contributed by atoms with van der Waals surface area (Å²) >= 11 is 0. The SMILES string of the molecule is CC(C)C(NC(=O)C(CC(=O)O)NC(=O)c1ccc2c(c1)nc(-c1ccc(C(=N)N)cc1)n2C)C(=O)O. The number of aromatic nitrogens is 2. The number of hydrogen-bond acceptors (Lipinski definition) is 6. The number of carboxylic acids is 2. The number of fused-ring (bicyclic) bond motifs is 1. The molecule has 37 heavy (non-hydrogen) atoms. The zero-order valence-corrected chi connectivity index (χ0v) is 20.5. The number of nitrogens with one attached hydrogen (secondary N) is 3. The molecule has 0 bridgehead atoms. The van der Waals surface area contributed by atoms with Crippen LogP contribution in [0.3, 0.4) is 0 Å². The van der Waals surface area contributed by atoms with Gasteiger partial charge in [0, 0.05) is 23.7 Å². The number of amidine groups is 1. The lowest BCUT2D eigenvalue weighted by Crippen LogP contribution is -2.53. The fourth-order valence-corrected chi connectivity index (χ4v) is 3.79. The maximum atomic E-state index is 12.9. The molecule has 0 aliphatic heterocycles. The molecule has 2 amide bonds. The summed E-state index contributed by atoms with van der Waals surface area (Å²) in [6, 6.07) is 8.96. The van der Waals surface area contributed by atoms with Gasteiger partial charge in [0.1, 0.15) is 23.7 Å². The van der Waals surface area contributed by atoms with Gasteiger partial charge in [-0.2, -0.15) is 0 Å². The second-order valence-corrected chi connectivity index (χ2v) is 8.88. The smallest absolute Gasteiger partial charge is 0.326 e. The zero-order chi connectivity index (χ0) is 27.4. The number of nitrogens with zero attached hydrogens (tertiary/aromatic N) is 2. The van der Waals surface area contributed by atoms with E-state index in [1.165, 1.54) is 12.1 Å². The molecule has 7 N–H and O–H groups in total. The Balaban J connectivity index is 1.86. The molecule has 3 aromatic rings. The molecule has 1 aromatic heterocycles. The van der Waals surface area contributed by atoms with Crippen molar-refractivity contribution in [3.63, 3.8) is 0 Å². The van der Waals surface area contributed by atoms with Crippen molar-refractivity contribution in [1.82, 2.24) is 20.2 Å². The van der Waals surface area contributed by atoms with E-state index in [1.54, 1.807) is 44.2 Å². The van der Waals surface area contributed by atoms with Gasteiger partial charge < -0.3 is 31.1 Å². The molecule has 0 aliphatic rings. The van der Waals surface area contributed by atoms with Crippen LogP contribution in [0.15, 0.2) is 42.5 Å². The Kier molecular flexibility index (Phi) is 7.91. The van der Waals surface area contributed by atoms with Crippen molar-refractivity contribution < 1.29 is 29.4 Å². The highest BCUT2D eigenvalue weighted by molar-refractivity contribution is 6.01. The van der Waals surface area contributed by atoms with Crippen LogP contribution in [0.2, 0.25) is 0 Å². The molecule has 0 aliphatic carbocycles. The molecule has 2 aromatic carbocycles. The number of hydrogen-bond donors (Lipinski definition) is 6.